The maximum atomic E-state index is 13.3. The second kappa shape index (κ2) is 7.55. The number of halogens is 3. The number of hydrogen-bond donors (Lipinski definition) is 0. The Labute approximate surface area is 184 Å². The zero-order valence-electron chi connectivity index (χ0n) is 17.0. The van der Waals surface area contributed by atoms with Crippen LogP contribution in [-0.4, -0.2) is 21.6 Å². The van der Waals surface area contributed by atoms with Crippen LogP contribution in [0.15, 0.2) is 71.6 Å². The molecule has 0 amide bonds. The lowest BCUT2D eigenvalue weighted by Gasteiger charge is -2.31. The Bertz CT molecular complexity index is 1280. The first kappa shape index (κ1) is 20.9. The Kier molecular flexibility index (Phi) is 4.93. The number of anilines is 1. The molecule has 5 rings (SSSR count). The molecule has 166 valence electrons. The molecule has 0 N–H and O–H groups in total. The van der Waals surface area contributed by atoms with Crippen molar-refractivity contribution in [1.82, 2.24) is 0 Å². The average Bonchev–Trinajstić information content (AvgIpc) is 3.63. The van der Waals surface area contributed by atoms with Gasteiger partial charge in [0.05, 0.1) is 22.7 Å². The van der Waals surface area contributed by atoms with Crippen LogP contribution in [0.4, 0.5) is 18.9 Å². The molecule has 0 saturated heterocycles. The number of rotatable bonds is 4. The molecule has 0 radical (unpaired) electrons. The van der Waals surface area contributed by atoms with E-state index in [9.17, 15) is 21.6 Å². The third-order valence-electron chi connectivity index (χ3n) is 5.80. The van der Waals surface area contributed by atoms with Crippen LogP contribution in [0.3, 0.4) is 0 Å². The summed E-state index contributed by atoms with van der Waals surface area (Å²) < 4.78 is 72.9. The minimum absolute atomic E-state index is 0.0111. The van der Waals surface area contributed by atoms with Gasteiger partial charge in [0, 0.05) is 0 Å². The summed E-state index contributed by atoms with van der Waals surface area (Å²) in [6.45, 7) is 0.124. The normalized spacial score (nSPS) is 16.4. The molecule has 1 aliphatic heterocycles. The van der Waals surface area contributed by atoms with Crippen molar-refractivity contribution >= 4 is 15.7 Å². The summed E-state index contributed by atoms with van der Waals surface area (Å²) in [7, 11) is -4.22. The summed E-state index contributed by atoms with van der Waals surface area (Å²) in [4.78, 5) is -0.402. The molecule has 3 aromatic carbocycles. The van der Waals surface area contributed by atoms with Gasteiger partial charge in [-0.15, -0.1) is 0 Å². The van der Waals surface area contributed by atoms with Gasteiger partial charge >= 0.3 is 6.18 Å². The first-order valence-corrected chi connectivity index (χ1v) is 11.7. The van der Waals surface area contributed by atoms with Crippen LogP contribution in [0.1, 0.15) is 29.9 Å². The first-order chi connectivity index (χ1) is 15.2. The summed E-state index contributed by atoms with van der Waals surface area (Å²) in [6, 6.07) is 17.3. The number of alkyl halides is 3. The highest BCUT2D eigenvalue weighted by molar-refractivity contribution is 7.92. The van der Waals surface area contributed by atoms with Crippen LogP contribution < -0.4 is 9.04 Å². The molecule has 0 unspecified atom stereocenters. The number of benzene rings is 3. The third kappa shape index (κ3) is 3.83. The van der Waals surface area contributed by atoms with Crippen molar-refractivity contribution < 1.29 is 26.3 Å². The van der Waals surface area contributed by atoms with E-state index in [4.69, 9.17) is 4.74 Å². The number of ether oxygens (including phenoxy) is 1. The molecule has 1 heterocycles. The lowest BCUT2D eigenvalue weighted by molar-refractivity contribution is -0.137. The third-order valence-corrected chi connectivity index (χ3v) is 7.61. The van der Waals surface area contributed by atoms with Crippen molar-refractivity contribution in [1.29, 1.82) is 0 Å². The molecule has 4 nitrogen and oxygen atoms in total. The molecular formula is C24H20F3NO3S. The maximum Gasteiger partial charge on any atom is 0.416 e. The number of nitrogens with zero attached hydrogens (tertiary/aromatic N) is 1. The first-order valence-electron chi connectivity index (χ1n) is 10.3. The highest BCUT2D eigenvalue weighted by atomic mass is 32.2. The Morgan fingerprint density at radius 1 is 0.906 bits per heavy atom. The predicted molar refractivity (Wildman–Crippen MR) is 115 cm³/mol. The van der Waals surface area contributed by atoms with E-state index in [1.54, 1.807) is 12.1 Å². The van der Waals surface area contributed by atoms with E-state index < -0.39 is 26.7 Å². The molecule has 0 aromatic heterocycles. The molecule has 1 fully saturated rings. The molecule has 0 atom stereocenters. The number of fused-ring (bicyclic) bond motifs is 1. The van der Waals surface area contributed by atoms with Gasteiger partial charge in [-0.25, -0.2) is 8.42 Å². The second-order valence-electron chi connectivity index (χ2n) is 8.03. The van der Waals surface area contributed by atoms with Crippen LogP contribution >= 0.6 is 0 Å². The molecule has 2 aliphatic rings. The van der Waals surface area contributed by atoms with Crippen molar-refractivity contribution in [2.75, 3.05) is 17.5 Å². The van der Waals surface area contributed by atoms with Crippen molar-refractivity contribution in [3.8, 4) is 16.9 Å². The molecule has 3 aromatic rings. The van der Waals surface area contributed by atoms with Crippen LogP contribution in [0.2, 0.25) is 0 Å². The van der Waals surface area contributed by atoms with Gasteiger partial charge in [0.15, 0.2) is 0 Å². The second-order valence-corrected chi connectivity index (χ2v) is 9.90. The van der Waals surface area contributed by atoms with Crippen molar-refractivity contribution in [3.63, 3.8) is 0 Å². The summed E-state index contributed by atoms with van der Waals surface area (Å²) >= 11 is 0. The largest absolute Gasteiger partial charge is 0.489 e. The van der Waals surface area contributed by atoms with Gasteiger partial charge in [-0.1, -0.05) is 36.4 Å². The summed E-state index contributed by atoms with van der Waals surface area (Å²) in [5.74, 6) is 0.961. The van der Waals surface area contributed by atoms with Crippen LogP contribution in [0, 0.1) is 0 Å². The standard InChI is InChI=1S/C24H20F3NO3S/c25-24(26,27)20-5-2-6-21(15-20)32(29,30)28-11-12-31-23-10-9-19(14-22(23)28)18-4-1-3-17(13-18)16-7-8-16/h1-6,9-10,13-16H,7-8,11-12H2. The molecule has 32 heavy (non-hydrogen) atoms. The summed E-state index contributed by atoms with van der Waals surface area (Å²) in [5, 5.41) is 0. The molecule has 0 spiro atoms. The van der Waals surface area contributed by atoms with E-state index in [2.05, 4.69) is 12.1 Å². The van der Waals surface area contributed by atoms with Gasteiger partial charge in [-0.2, -0.15) is 13.2 Å². The van der Waals surface area contributed by atoms with Gasteiger partial charge in [0.1, 0.15) is 12.4 Å². The predicted octanol–water partition coefficient (Wildman–Crippen LogP) is 5.84. The Morgan fingerprint density at radius 3 is 2.41 bits per heavy atom. The highest BCUT2D eigenvalue weighted by Gasteiger charge is 2.35. The van der Waals surface area contributed by atoms with Crippen LogP contribution in [0.5, 0.6) is 5.75 Å². The fourth-order valence-corrected chi connectivity index (χ4v) is 5.47. The smallest absolute Gasteiger partial charge is 0.416 e. The van der Waals surface area contributed by atoms with E-state index in [0.29, 0.717) is 23.4 Å². The van der Waals surface area contributed by atoms with Crippen molar-refractivity contribution in [3.05, 3.63) is 77.9 Å². The summed E-state index contributed by atoms with van der Waals surface area (Å²) in [5.41, 5.74) is 2.35. The SMILES string of the molecule is O=S(=O)(c1cccc(C(F)(F)F)c1)N1CCOc2ccc(-c3cccc(C4CC4)c3)cc21. The average molecular weight is 459 g/mol. The van der Waals surface area contributed by atoms with Crippen molar-refractivity contribution in [2.24, 2.45) is 0 Å². The number of sulfonamides is 1. The minimum Gasteiger partial charge on any atom is -0.489 e. The Hall–Kier alpha value is -3.00. The topological polar surface area (TPSA) is 46.6 Å². The lowest BCUT2D eigenvalue weighted by atomic mass is 10.0. The van der Waals surface area contributed by atoms with E-state index in [1.165, 1.54) is 24.5 Å². The fraction of sp³-hybridized carbons (Fsp3) is 0.250. The quantitative estimate of drug-likeness (QED) is 0.493. The van der Waals surface area contributed by atoms with E-state index >= 15 is 0 Å². The maximum absolute atomic E-state index is 13.3. The van der Waals surface area contributed by atoms with Gasteiger partial charge in [0.25, 0.3) is 10.0 Å². The van der Waals surface area contributed by atoms with E-state index in [-0.39, 0.29) is 13.2 Å². The van der Waals surface area contributed by atoms with Gasteiger partial charge < -0.3 is 4.74 Å². The molecule has 8 heteroatoms. The number of hydrogen-bond acceptors (Lipinski definition) is 3. The van der Waals surface area contributed by atoms with Gasteiger partial charge in [-0.05, 0) is 65.8 Å². The van der Waals surface area contributed by atoms with Gasteiger partial charge in [-0.3, -0.25) is 4.31 Å². The fourth-order valence-electron chi connectivity index (χ4n) is 3.97. The molecule has 1 aliphatic carbocycles. The zero-order valence-corrected chi connectivity index (χ0v) is 17.8. The van der Waals surface area contributed by atoms with Crippen molar-refractivity contribution in [2.45, 2.75) is 29.8 Å². The molecule has 0 bridgehead atoms. The van der Waals surface area contributed by atoms with E-state index in [1.807, 2.05) is 18.2 Å². The molecule has 1 saturated carbocycles. The van der Waals surface area contributed by atoms with Crippen LogP contribution in [0.25, 0.3) is 11.1 Å². The molecular weight excluding hydrogens is 439 g/mol. The highest BCUT2D eigenvalue weighted by Crippen LogP contribution is 2.43. The van der Waals surface area contributed by atoms with E-state index in [0.717, 1.165) is 27.6 Å². The lowest BCUT2D eigenvalue weighted by Crippen LogP contribution is -2.38. The van der Waals surface area contributed by atoms with Gasteiger partial charge in [0.2, 0.25) is 0 Å². The zero-order chi connectivity index (χ0) is 22.5. The monoisotopic (exact) mass is 459 g/mol. The Balaban J connectivity index is 1.56. The summed E-state index contributed by atoms with van der Waals surface area (Å²) in [6.07, 6.45) is -2.29. The van der Waals surface area contributed by atoms with Crippen LogP contribution in [-0.2, 0) is 16.2 Å². The minimum atomic E-state index is -4.63. The Morgan fingerprint density at radius 2 is 1.66 bits per heavy atom.